The Balaban J connectivity index is 2.31. The van der Waals surface area contributed by atoms with Gasteiger partial charge in [0, 0.05) is 17.5 Å². The number of rotatable bonds is 4. The summed E-state index contributed by atoms with van der Waals surface area (Å²) in [7, 11) is 0. The molecule has 0 amide bonds. The molecule has 96 valence electrons. The molecule has 1 aromatic carbocycles. The first-order valence-electron chi connectivity index (χ1n) is 6.39. The van der Waals surface area contributed by atoms with E-state index in [1.807, 2.05) is 0 Å². The number of hydrogen-bond acceptors (Lipinski definition) is 3. The van der Waals surface area contributed by atoms with Gasteiger partial charge >= 0.3 is 0 Å². The van der Waals surface area contributed by atoms with Gasteiger partial charge in [0.1, 0.15) is 0 Å². The van der Waals surface area contributed by atoms with Gasteiger partial charge in [-0.3, -0.25) is 0 Å². The van der Waals surface area contributed by atoms with E-state index in [9.17, 15) is 0 Å². The van der Waals surface area contributed by atoms with Gasteiger partial charge in [0.15, 0.2) is 5.13 Å². The number of anilines is 1. The summed E-state index contributed by atoms with van der Waals surface area (Å²) >= 11 is 1.68. The molecule has 0 saturated heterocycles. The molecule has 0 spiro atoms. The van der Waals surface area contributed by atoms with Gasteiger partial charge < -0.3 is 5.32 Å². The van der Waals surface area contributed by atoms with E-state index in [1.54, 1.807) is 11.3 Å². The van der Waals surface area contributed by atoms with Crippen LogP contribution in [-0.2, 0) is 0 Å². The Bertz CT molecular complexity index is 543. The van der Waals surface area contributed by atoms with Crippen LogP contribution in [0.1, 0.15) is 30.0 Å². The first-order valence-corrected chi connectivity index (χ1v) is 7.27. The molecule has 3 heteroatoms. The average Bonchev–Trinajstić information content (AvgIpc) is 2.79. The molecule has 1 N–H and O–H groups in total. The van der Waals surface area contributed by atoms with Crippen molar-refractivity contribution < 1.29 is 0 Å². The third kappa shape index (κ3) is 2.72. The predicted octanol–water partition coefficient (Wildman–Crippen LogP) is 4.56. The minimum atomic E-state index is 0.985. The number of aromatic nitrogens is 1. The van der Waals surface area contributed by atoms with E-state index in [1.165, 1.54) is 22.3 Å². The fraction of sp³-hybridized carbons (Fsp3) is 0.400. The highest BCUT2D eigenvalue weighted by Gasteiger charge is 2.08. The summed E-state index contributed by atoms with van der Waals surface area (Å²) < 4.78 is 0. The summed E-state index contributed by atoms with van der Waals surface area (Å²) in [5.74, 6) is 0. The van der Waals surface area contributed by atoms with Crippen LogP contribution < -0.4 is 5.32 Å². The van der Waals surface area contributed by atoms with Crippen molar-refractivity contribution in [3.05, 3.63) is 34.2 Å². The SMILES string of the molecule is CCCNc1nc(-c2cc(C)c(C)cc2C)cs1. The molecule has 2 rings (SSSR count). The molecule has 0 unspecified atom stereocenters. The van der Waals surface area contributed by atoms with Crippen LogP contribution in [0, 0.1) is 20.8 Å². The summed E-state index contributed by atoms with van der Waals surface area (Å²) in [5.41, 5.74) is 6.30. The minimum Gasteiger partial charge on any atom is -0.362 e. The van der Waals surface area contributed by atoms with Crippen molar-refractivity contribution >= 4 is 16.5 Å². The van der Waals surface area contributed by atoms with Crippen LogP contribution in [0.25, 0.3) is 11.3 Å². The van der Waals surface area contributed by atoms with E-state index in [-0.39, 0.29) is 0 Å². The maximum atomic E-state index is 4.66. The maximum Gasteiger partial charge on any atom is 0.183 e. The van der Waals surface area contributed by atoms with Gasteiger partial charge in [-0.15, -0.1) is 11.3 Å². The number of hydrogen-bond donors (Lipinski definition) is 1. The normalized spacial score (nSPS) is 10.7. The van der Waals surface area contributed by atoms with Crippen molar-refractivity contribution in [1.29, 1.82) is 0 Å². The van der Waals surface area contributed by atoms with Gasteiger partial charge in [-0.1, -0.05) is 13.0 Å². The molecule has 0 fully saturated rings. The first kappa shape index (κ1) is 13.1. The Morgan fingerprint density at radius 3 is 2.56 bits per heavy atom. The third-order valence-electron chi connectivity index (χ3n) is 3.15. The number of nitrogens with zero attached hydrogens (tertiary/aromatic N) is 1. The Kier molecular flexibility index (Phi) is 4.02. The lowest BCUT2D eigenvalue weighted by atomic mass is 9.99. The van der Waals surface area contributed by atoms with Crippen molar-refractivity contribution in [2.24, 2.45) is 0 Å². The van der Waals surface area contributed by atoms with Gasteiger partial charge in [0.2, 0.25) is 0 Å². The minimum absolute atomic E-state index is 0.985. The lowest BCUT2D eigenvalue weighted by Gasteiger charge is -2.07. The predicted molar refractivity (Wildman–Crippen MR) is 80.5 cm³/mol. The lowest BCUT2D eigenvalue weighted by Crippen LogP contribution is -1.98. The molecular formula is C15H20N2S. The zero-order valence-corrected chi connectivity index (χ0v) is 12.3. The highest BCUT2D eigenvalue weighted by molar-refractivity contribution is 7.14. The molecule has 0 radical (unpaired) electrons. The van der Waals surface area contributed by atoms with Gasteiger partial charge in [0.05, 0.1) is 5.69 Å². The number of thiazole rings is 1. The summed E-state index contributed by atoms with van der Waals surface area (Å²) in [6.45, 7) is 9.61. The summed E-state index contributed by atoms with van der Waals surface area (Å²) in [6.07, 6.45) is 1.12. The van der Waals surface area contributed by atoms with E-state index in [4.69, 9.17) is 0 Å². The molecule has 2 nitrogen and oxygen atoms in total. The zero-order valence-electron chi connectivity index (χ0n) is 11.5. The molecule has 1 heterocycles. The zero-order chi connectivity index (χ0) is 13.1. The largest absolute Gasteiger partial charge is 0.362 e. The van der Waals surface area contributed by atoms with Crippen LogP contribution >= 0.6 is 11.3 Å². The van der Waals surface area contributed by atoms with Crippen LogP contribution in [0.5, 0.6) is 0 Å². The summed E-state index contributed by atoms with van der Waals surface area (Å²) in [4.78, 5) is 4.66. The van der Waals surface area contributed by atoms with E-state index < -0.39 is 0 Å². The molecule has 0 atom stereocenters. The van der Waals surface area contributed by atoms with E-state index in [2.05, 4.69) is 55.5 Å². The molecule has 0 aliphatic carbocycles. The quantitative estimate of drug-likeness (QED) is 0.872. The van der Waals surface area contributed by atoms with Crippen molar-refractivity contribution in [3.8, 4) is 11.3 Å². The van der Waals surface area contributed by atoms with Crippen LogP contribution in [0.15, 0.2) is 17.5 Å². The van der Waals surface area contributed by atoms with Gasteiger partial charge in [-0.2, -0.15) is 0 Å². The monoisotopic (exact) mass is 260 g/mol. The fourth-order valence-electron chi connectivity index (χ4n) is 1.95. The van der Waals surface area contributed by atoms with E-state index >= 15 is 0 Å². The first-order chi connectivity index (χ1) is 8.61. The van der Waals surface area contributed by atoms with Crippen LogP contribution in [0.2, 0.25) is 0 Å². The summed E-state index contributed by atoms with van der Waals surface area (Å²) in [6, 6.07) is 4.48. The fourth-order valence-corrected chi connectivity index (χ4v) is 2.69. The van der Waals surface area contributed by atoms with Gasteiger partial charge in [0.25, 0.3) is 0 Å². The number of benzene rings is 1. The Labute approximate surface area is 113 Å². The van der Waals surface area contributed by atoms with Gasteiger partial charge in [-0.25, -0.2) is 4.98 Å². The highest BCUT2D eigenvalue weighted by Crippen LogP contribution is 2.29. The second-order valence-electron chi connectivity index (χ2n) is 4.72. The molecule has 0 saturated carbocycles. The maximum absolute atomic E-state index is 4.66. The van der Waals surface area contributed by atoms with Crippen molar-refractivity contribution in [2.75, 3.05) is 11.9 Å². The third-order valence-corrected chi connectivity index (χ3v) is 3.95. The Morgan fingerprint density at radius 1 is 1.11 bits per heavy atom. The molecule has 0 aliphatic rings. The Morgan fingerprint density at radius 2 is 1.83 bits per heavy atom. The van der Waals surface area contributed by atoms with E-state index in [0.29, 0.717) is 0 Å². The Hall–Kier alpha value is -1.35. The molecule has 1 aromatic heterocycles. The second-order valence-corrected chi connectivity index (χ2v) is 5.57. The standard InChI is InChI=1S/C15H20N2S/c1-5-6-16-15-17-14(9-18-15)13-8-11(3)10(2)7-12(13)4/h7-9H,5-6H2,1-4H3,(H,16,17). The van der Waals surface area contributed by atoms with Crippen LogP contribution in [0.3, 0.4) is 0 Å². The van der Waals surface area contributed by atoms with Crippen LogP contribution in [0.4, 0.5) is 5.13 Å². The average molecular weight is 260 g/mol. The smallest absolute Gasteiger partial charge is 0.183 e. The topological polar surface area (TPSA) is 24.9 Å². The molecule has 0 aliphatic heterocycles. The number of nitrogens with one attached hydrogen (secondary N) is 1. The molecule has 2 aromatic rings. The van der Waals surface area contributed by atoms with E-state index in [0.717, 1.165) is 23.8 Å². The second kappa shape index (κ2) is 5.53. The molecular weight excluding hydrogens is 240 g/mol. The summed E-state index contributed by atoms with van der Waals surface area (Å²) in [5, 5.41) is 6.49. The molecule has 0 bridgehead atoms. The van der Waals surface area contributed by atoms with Crippen molar-refractivity contribution in [2.45, 2.75) is 34.1 Å². The molecule has 18 heavy (non-hydrogen) atoms. The van der Waals surface area contributed by atoms with Gasteiger partial charge in [-0.05, 0) is 49.9 Å². The number of aryl methyl sites for hydroxylation is 3. The lowest BCUT2D eigenvalue weighted by molar-refractivity contribution is 0.976. The highest BCUT2D eigenvalue weighted by atomic mass is 32.1. The van der Waals surface area contributed by atoms with Crippen LogP contribution in [-0.4, -0.2) is 11.5 Å². The van der Waals surface area contributed by atoms with Crippen molar-refractivity contribution in [1.82, 2.24) is 4.98 Å². The van der Waals surface area contributed by atoms with Crippen molar-refractivity contribution in [3.63, 3.8) is 0 Å².